The van der Waals surface area contributed by atoms with Crippen molar-refractivity contribution in [2.75, 3.05) is 23.6 Å². The molecule has 0 aliphatic rings. The molecule has 2 aromatic rings. The molecule has 6 N–H and O–H groups in total. The van der Waals surface area contributed by atoms with Crippen molar-refractivity contribution in [3.8, 4) is 5.75 Å². The molecule has 1 aromatic heterocycles. The second-order valence-electron chi connectivity index (χ2n) is 3.60. The Hall–Kier alpha value is -2.25. The Labute approximate surface area is 114 Å². The molecule has 0 fully saturated rings. The molecular formula is C11H13ClN6O. The second kappa shape index (κ2) is 5.59. The fourth-order valence-corrected chi connectivity index (χ4v) is 1.69. The van der Waals surface area contributed by atoms with Gasteiger partial charge in [-0.05, 0) is 18.2 Å². The highest BCUT2D eigenvalue weighted by atomic mass is 35.5. The number of halogens is 1. The number of hydrogen-bond donors (Lipinski definition) is 4. The molecule has 7 nitrogen and oxygen atoms in total. The number of nitrogen functional groups attached to an aromatic ring is 2. The Balaban J connectivity index is 2.38. The average Bonchev–Trinajstić information content (AvgIpc) is 2.41. The first-order chi connectivity index (χ1) is 9.15. The van der Waals surface area contributed by atoms with Crippen molar-refractivity contribution in [2.24, 2.45) is 5.84 Å². The van der Waals surface area contributed by atoms with Crippen LogP contribution in [0.2, 0.25) is 5.02 Å². The molecule has 0 radical (unpaired) electrons. The minimum absolute atomic E-state index is 0.298. The lowest BCUT2D eigenvalue weighted by molar-refractivity contribution is 0.417. The Morgan fingerprint density at radius 2 is 2.00 bits per heavy atom. The van der Waals surface area contributed by atoms with E-state index in [1.165, 1.54) is 6.33 Å². The maximum atomic E-state index is 5.95. The Bertz CT molecular complexity index is 591. The summed E-state index contributed by atoms with van der Waals surface area (Å²) in [7, 11) is 1.56. The molecular weight excluding hydrogens is 268 g/mol. The Kier molecular flexibility index (Phi) is 3.88. The quantitative estimate of drug-likeness (QED) is 0.499. The molecule has 8 heteroatoms. The van der Waals surface area contributed by atoms with Crippen molar-refractivity contribution in [1.29, 1.82) is 0 Å². The van der Waals surface area contributed by atoms with Crippen LogP contribution in [0.4, 0.5) is 23.0 Å². The lowest BCUT2D eigenvalue weighted by Gasteiger charge is -2.13. The number of hydrazine groups is 1. The summed E-state index contributed by atoms with van der Waals surface area (Å²) in [5.41, 5.74) is 9.20. The monoisotopic (exact) mass is 280 g/mol. The first kappa shape index (κ1) is 13.2. The van der Waals surface area contributed by atoms with Gasteiger partial charge < -0.3 is 21.2 Å². The summed E-state index contributed by atoms with van der Waals surface area (Å²) >= 11 is 5.95. The van der Waals surface area contributed by atoms with Crippen LogP contribution in [0.15, 0.2) is 24.5 Å². The molecule has 0 saturated heterocycles. The molecule has 2 rings (SSSR count). The van der Waals surface area contributed by atoms with Gasteiger partial charge in [0, 0.05) is 5.02 Å². The van der Waals surface area contributed by atoms with Gasteiger partial charge in [0.15, 0.2) is 11.6 Å². The summed E-state index contributed by atoms with van der Waals surface area (Å²) in [6.45, 7) is 0. The highest BCUT2D eigenvalue weighted by Gasteiger charge is 2.10. The van der Waals surface area contributed by atoms with Gasteiger partial charge in [-0.3, -0.25) is 0 Å². The lowest BCUT2D eigenvalue weighted by atomic mass is 10.3. The maximum absolute atomic E-state index is 5.95. The predicted molar refractivity (Wildman–Crippen MR) is 75.5 cm³/mol. The minimum atomic E-state index is 0.298. The Morgan fingerprint density at radius 1 is 1.26 bits per heavy atom. The van der Waals surface area contributed by atoms with Crippen LogP contribution >= 0.6 is 11.6 Å². The van der Waals surface area contributed by atoms with Crippen molar-refractivity contribution >= 4 is 34.6 Å². The highest BCUT2D eigenvalue weighted by Crippen LogP contribution is 2.32. The number of aromatic nitrogens is 2. The maximum Gasteiger partial charge on any atom is 0.168 e. The number of nitrogens with two attached hydrogens (primary N) is 2. The van der Waals surface area contributed by atoms with Crippen LogP contribution in [0.25, 0.3) is 0 Å². The van der Waals surface area contributed by atoms with E-state index in [0.29, 0.717) is 33.8 Å². The van der Waals surface area contributed by atoms with Gasteiger partial charge in [-0.2, -0.15) is 0 Å². The topological polar surface area (TPSA) is 111 Å². The molecule has 19 heavy (non-hydrogen) atoms. The van der Waals surface area contributed by atoms with Crippen LogP contribution < -0.4 is 27.1 Å². The minimum Gasteiger partial charge on any atom is -0.495 e. The largest absolute Gasteiger partial charge is 0.495 e. The Morgan fingerprint density at radius 3 is 2.68 bits per heavy atom. The van der Waals surface area contributed by atoms with E-state index < -0.39 is 0 Å². The van der Waals surface area contributed by atoms with Gasteiger partial charge in [0.05, 0.1) is 12.8 Å². The van der Waals surface area contributed by atoms with Gasteiger partial charge in [-0.25, -0.2) is 15.8 Å². The van der Waals surface area contributed by atoms with Crippen LogP contribution in [0.3, 0.4) is 0 Å². The van der Waals surface area contributed by atoms with E-state index in [1.54, 1.807) is 25.3 Å². The van der Waals surface area contributed by atoms with Gasteiger partial charge >= 0.3 is 0 Å². The van der Waals surface area contributed by atoms with Crippen molar-refractivity contribution in [3.05, 3.63) is 29.5 Å². The van der Waals surface area contributed by atoms with Crippen LogP contribution in [0.1, 0.15) is 0 Å². The van der Waals surface area contributed by atoms with Crippen molar-refractivity contribution in [3.63, 3.8) is 0 Å². The second-order valence-corrected chi connectivity index (χ2v) is 4.03. The highest BCUT2D eigenvalue weighted by molar-refractivity contribution is 6.31. The van der Waals surface area contributed by atoms with Gasteiger partial charge in [0.25, 0.3) is 0 Å². The zero-order valence-corrected chi connectivity index (χ0v) is 10.9. The molecule has 0 bridgehead atoms. The molecule has 0 aliphatic heterocycles. The van der Waals surface area contributed by atoms with Gasteiger partial charge in [-0.15, -0.1) is 0 Å². The third kappa shape index (κ3) is 2.78. The smallest absolute Gasteiger partial charge is 0.168 e. The van der Waals surface area contributed by atoms with Gasteiger partial charge in [0.2, 0.25) is 0 Å². The fraction of sp³-hybridized carbons (Fsp3) is 0.0909. The summed E-state index contributed by atoms with van der Waals surface area (Å²) in [5, 5.41) is 3.59. The summed E-state index contributed by atoms with van der Waals surface area (Å²) < 4.78 is 5.22. The van der Waals surface area contributed by atoms with Gasteiger partial charge in [-0.1, -0.05) is 11.6 Å². The molecule has 1 aromatic carbocycles. The first-order valence-electron chi connectivity index (χ1n) is 5.33. The summed E-state index contributed by atoms with van der Waals surface area (Å²) in [4.78, 5) is 7.94. The number of ether oxygens (including phenoxy) is 1. The number of hydrogen-bond acceptors (Lipinski definition) is 7. The van der Waals surface area contributed by atoms with Crippen LogP contribution in [-0.4, -0.2) is 17.1 Å². The van der Waals surface area contributed by atoms with E-state index in [9.17, 15) is 0 Å². The number of anilines is 4. The number of nitrogens with one attached hydrogen (secondary N) is 2. The number of rotatable bonds is 4. The third-order valence-electron chi connectivity index (χ3n) is 2.44. The van der Waals surface area contributed by atoms with Crippen LogP contribution in [0.5, 0.6) is 5.75 Å². The molecule has 0 saturated carbocycles. The number of nitrogens with zero attached hydrogens (tertiary/aromatic N) is 2. The van der Waals surface area contributed by atoms with E-state index in [1.807, 2.05) is 0 Å². The number of benzene rings is 1. The summed E-state index contributed by atoms with van der Waals surface area (Å²) in [6, 6.07) is 5.17. The van der Waals surface area contributed by atoms with Crippen molar-refractivity contribution in [1.82, 2.24) is 9.97 Å². The van der Waals surface area contributed by atoms with E-state index in [4.69, 9.17) is 27.9 Å². The normalized spacial score (nSPS) is 10.1. The van der Waals surface area contributed by atoms with E-state index >= 15 is 0 Å². The van der Waals surface area contributed by atoms with E-state index in [-0.39, 0.29) is 0 Å². The average molecular weight is 281 g/mol. The van der Waals surface area contributed by atoms with Crippen molar-refractivity contribution < 1.29 is 4.74 Å². The third-order valence-corrected chi connectivity index (χ3v) is 2.67. The standard InChI is InChI=1S/C11H13ClN6O/c1-19-8-3-2-6(12)4-7(8)17-10-9(13)11(18-14)16-5-15-10/h2-5H,13-14H2,1H3,(H2,15,16,17,18). The van der Waals surface area contributed by atoms with Crippen molar-refractivity contribution in [2.45, 2.75) is 0 Å². The van der Waals surface area contributed by atoms with E-state index in [0.717, 1.165) is 0 Å². The van der Waals surface area contributed by atoms with Gasteiger partial charge in [0.1, 0.15) is 17.8 Å². The zero-order valence-electron chi connectivity index (χ0n) is 10.1. The molecule has 0 aliphatic carbocycles. The predicted octanol–water partition coefficient (Wildman–Crippen LogP) is 1.75. The summed E-state index contributed by atoms with van der Waals surface area (Å²) in [5.74, 6) is 6.65. The molecule has 0 amide bonds. The fourth-order valence-electron chi connectivity index (χ4n) is 1.52. The molecule has 0 spiro atoms. The van der Waals surface area contributed by atoms with Crippen LogP contribution in [-0.2, 0) is 0 Å². The molecule has 0 unspecified atom stereocenters. The summed E-state index contributed by atoms with van der Waals surface area (Å²) in [6.07, 6.45) is 1.34. The first-order valence-corrected chi connectivity index (χ1v) is 5.71. The van der Waals surface area contributed by atoms with Crippen LogP contribution in [0, 0.1) is 0 Å². The SMILES string of the molecule is COc1ccc(Cl)cc1Nc1ncnc(NN)c1N. The zero-order chi connectivity index (χ0) is 13.8. The number of methoxy groups -OCH3 is 1. The molecule has 0 atom stereocenters. The van der Waals surface area contributed by atoms with E-state index in [2.05, 4.69) is 20.7 Å². The molecule has 1 heterocycles. The molecule has 100 valence electrons. The lowest BCUT2D eigenvalue weighted by Crippen LogP contribution is -2.12.